The van der Waals surface area contributed by atoms with Crippen LogP contribution >= 0.6 is 11.6 Å². The summed E-state index contributed by atoms with van der Waals surface area (Å²) >= 11 is 7.45. The molecule has 0 aliphatic rings. The van der Waals surface area contributed by atoms with Crippen LogP contribution in [0.1, 0.15) is 13.3 Å². The Kier molecular flexibility index (Phi) is 3.85. The first-order valence-electron chi connectivity index (χ1n) is 1.62. The third-order valence-electron chi connectivity index (χ3n) is 0.358. The van der Waals surface area contributed by atoms with Gasteiger partial charge in [0.25, 0.3) is 0 Å². The van der Waals surface area contributed by atoms with Crippen molar-refractivity contribution in [2.75, 3.05) is 0 Å². The molecule has 0 aliphatic heterocycles. The maximum atomic E-state index is 5.46. The van der Waals surface area contributed by atoms with Crippen LogP contribution < -0.4 is 0 Å². The molecule has 0 aromatic heterocycles. The van der Waals surface area contributed by atoms with Crippen LogP contribution in [0.15, 0.2) is 0 Å². The van der Waals surface area contributed by atoms with E-state index in [4.69, 9.17) is 11.6 Å². The van der Waals surface area contributed by atoms with Crippen molar-refractivity contribution >= 4 is 11.6 Å². The number of hydrogen-bond donors (Lipinski definition) is 0. The van der Waals surface area contributed by atoms with Crippen LogP contribution in [0.25, 0.3) is 0 Å². The van der Waals surface area contributed by atoms with E-state index in [1.165, 1.54) is 0 Å². The minimum absolute atomic E-state index is 0.356. The first-order chi connectivity index (χ1) is 2.27. The third-order valence-corrected chi connectivity index (χ3v) is 1.30. The van der Waals surface area contributed by atoms with E-state index in [-0.39, 0.29) is 0 Å². The summed E-state index contributed by atoms with van der Waals surface area (Å²) in [6.07, 6.45) is 1.07. The molecule has 0 spiro atoms. The van der Waals surface area contributed by atoms with Crippen molar-refractivity contribution in [3.05, 3.63) is 0 Å². The van der Waals surface area contributed by atoms with Crippen LogP contribution in [-0.4, -0.2) is 3.68 Å². The molecule has 0 radical (unpaired) electrons. The molecular weight excluding hydrogens is 119 g/mol. The quantitative estimate of drug-likeness (QED) is 0.368. The van der Waals surface area contributed by atoms with Crippen LogP contribution in [0.2, 0.25) is 0 Å². The molecule has 0 saturated carbocycles. The Hall–Kier alpha value is 1.00. The van der Waals surface area contributed by atoms with Gasteiger partial charge in [-0.15, -0.1) is 0 Å². The molecular formula is C3H6ClTi. The van der Waals surface area contributed by atoms with Crippen molar-refractivity contribution < 1.29 is 20.4 Å². The van der Waals surface area contributed by atoms with Crippen molar-refractivity contribution in [2.45, 2.75) is 17.0 Å². The Balaban J connectivity index is 2.54. The second-order valence-corrected chi connectivity index (χ2v) is 3.06. The summed E-state index contributed by atoms with van der Waals surface area (Å²) < 4.78 is 0.356. The fraction of sp³-hybridized carbons (Fsp3) is 1.00. The molecule has 0 amide bonds. The molecule has 0 rings (SSSR count). The zero-order chi connectivity index (χ0) is 4.28. The first kappa shape index (κ1) is 6.00. The summed E-state index contributed by atoms with van der Waals surface area (Å²) in [5.41, 5.74) is 0. The number of halogens is 1. The van der Waals surface area contributed by atoms with Crippen molar-refractivity contribution in [1.29, 1.82) is 0 Å². The molecule has 0 fully saturated rings. The molecule has 0 N–H and O–H groups in total. The van der Waals surface area contributed by atoms with Gasteiger partial charge in [-0.2, -0.15) is 0 Å². The standard InChI is InChI=1S/C3H6Cl.Ti/c1-2-3-4;/h3H,2H2,1H3;. The predicted molar refractivity (Wildman–Crippen MR) is 19.9 cm³/mol. The van der Waals surface area contributed by atoms with Crippen LogP contribution in [-0.2, 0) is 20.4 Å². The van der Waals surface area contributed by atoms with Gasteiger partial charge >= 0.3 is 49.1 Å². The van der Waals surface area contributed by atoms with Gasteiger partial charge in [-0.05, 0) is 0 Å². The molecule has 0 aromatic rings. The fourth-order valence-electron chi connectivity index (χ4n) is 0. The molecule has 0 saturated heterocycles. The Bertz CT molecular complexity index is 20.9. The van der Waals surface area contributed by atoms with Gasteiger partial charge in [0.1, 0.15) is 0 Å². The summed E-state index contributed by atoms with van der Waals surface area (Å²) in [6.45, 7) is 2.07. The zero-order valence-corrected chi connectivity index (χ0v) is 5.48. The Morgan fingerprint density at radius 2 is 2.20 bits per heavy atom. The summed E-state index contributed by atoms with van der Waals surface area (Å²) in [5, 5.41) is 0. The van der Waals surface area contributed by atoms with Gasteiger partial charge in [0.2, 0.25) is 0 Å². The van der Waals surface area contributed by atoms with Crippen LogP contribution in [0.4, 0.5) is 0 Å². The SMILES string of the molecule is CC[CH](Cl)[Ti]. The van der Waals surface area contributed by atoms with Gasteiger partial charge in [0, 0.05) is 0 Å². The van der Waals surface area contributed by atoms with Gasteiger partial charge in [0.15, 0.2) is 0 Å². The van der Waals surface area contributed by atoms with Crippen LogP contribution in [0, 0.1) is 0 Å². The minimum atomic E-state index is 0.356. The second kappa shape index (κ2) is 3.20. The second-order valence-electron chi connectivity index (χ2n) is 0.876. The third kappa shape index (κ3) is 5.00. The molecule has 0 nitrogen and oxygen atoms in total. The van der Waals surface area contributed by atoms with Crippen molar-refractivity contribution in [3.63, 3.8) is 0 Å². The van der Waals surface area contributed by atoms with Crippen LogP contribution in [0.5, 0.6) is 0 Å². The fourth-order valence-corrected chi connectivity index (χ4v) is 0. The zero-order valence-electron chi connectivity index (χ0n) is 3.16. The molecule has 0 aromatic carbocycles. The molecule has 1 unspecified atom stereocenters. The van der Waals surface area contributed by atoms with E-state index in [0.29, 0.717) is 3.68 Å². The molecule has 5 heavy (non-hydrogen) atoms. The summed E-state index contributed by atoms with van der Waals surface area (Å²) in [4.78, 5) is 0. The van der Waals surface area contributed by atoms with Crippen molar-refractivity contribution in [3.8, 4) is 0 Å². The van der Waals surface area contributed by atoms with Gasteiger partial charge in [-0.25, -0.2) is 0 Å². The van der Waals surface area contributed by atoms with Gasteiger partial charge < -0.3 is 0 Å². The summed E-state index contributed by atoms with van der Waals surface area (Å²) in [5.74, 6) is 0. The topological polar surface area (TPSA) is 0 Å². The molecule has 1 atom stereocenters. The van der Waals surface area contributed by atoms with E-state index in [2.05, 4.69) is 6.92 Å². The summed E-state index contributed by atoms with van der Waals surface area (Å²) in [7, 11) is 0. The number of hydrogen-bond acceptors (Lipinski definition) is 0. The van der Waals surface area contributed by atoms with Crippen molar-refractivity contribution in [1.82, 2.24) is 0 Å². The first-order valence-corrected chi connectivity index (χ1v) is 2.96. The van der Waals surface area contributed by atoms with E-state index < -0.39 is 0 Å². The van der Waals surface area contributed by atoms with E-state index in [1.54, 1.807) is 0 Å². The Morgan fingerprint density at radius 1 is 2.00 bits per heavy atom. The maximum absolute atomic E-state index is 5.46. The average molecular weight is 125 g/mol. The molecule has 0 bridgehead atoms. The van der Waals surface area contributed by atoms with Gasteiger partial charge in [-0.1, -0.05) is 0 Å². The van der Waals surface area contributed by atoms with Gasteiger partial charge in [0.05, 0.1) is 0 Å². The molecule has 2 heteroatoms. The van der Waals surface area contributed by atoms with E-state index in [0.717, 1.165) is 6.42 Å². The predicted octanol–water partition coefficient (Wildman–Crippen LogP) is 1.51. The molecule has 0 heterocycles. The molecule has 29 valence electrons. The van der Waals surface area contributed by atoms with E-state index >= 15 is 0 Å². The normalized spacial score (nSPS) is 14.6. The average Bonchev–Trinajstić information content (AvgIpc) is 1.38. The number of rotatable bonds is 1. The van der Waals surface area contributed by atoms with Gasteiger partial charge in [-0.3, -0.25) is 0 Å². The molecule has 0 aliphatic carbocycles. The van der Waals surface area contributed by atoms with Crippen LogP contribution in [0.3, 0.4) is 0 Å². The monoisotopic (exact) mass is 125 g/mol. The Morgan fingerprint density at radius 3 is 2.20 bits per heavy atom. The number of alkyl halides is 1. The summed E-state index contributed by atoms with van der Waals surface area (Å²) in [6, 6.07) is 0. The van der Waals surface area contributed by atoms with Crippen molar-refractivity contribution in [2.24, 2.45) is 0 Å². The van der Waals surface area contributed by atoms with E-state index in [9.17, 15) is 0 Å². The Labute approximate surface area is 49.3 Å². The van der Waals surface area contributed by atoms with E-state index in [1.807, 2.05) is 20.4 Å².